The third-order valence-electron chi connectivity index (χ3n) is 3.77. The zero-order valence-electron chi connectivity index (χ0n) is 8.44. The molecular formula is C11H19NO. The second kappa shape index (κ2) is 3.41. The summed E-state index contributed by atoms with van der Waals surface area (Å²) < 4.78 is 0. The van der Waals surface area contributed by atoms with Gasteiger partial charge < -0.3 is 5.32 Å². The van der Waals surface area contributed by atoms with Crippen molar-refractivity contribution in [2.75, 3.05) is 6.54 Å². The first kappa shape index (κ1) is 9.20. The van der Waals surface area contributed by atoms with E-state index in [1.807, 2.05) is 0 Å². The smallest absolute Gasteiger partial charge is 0.146 e. The van der Waals surface area contributed by atoms with Gasteiger partial charge in [-0.05, 0) is 31.6 Å². The van der Waals surface area contributed by atoms with Crippen molar-refractivity contribution < 1.29 is 4.79 Å². The molecule has 0 aromatic carbocycles. The Balaban J connectivity index is 1.98. The van der Waals surface area contributed by atoms with Crippen LogP contribution in [0.15, 0.2) is 0 Å². The van der Waals surface area contributed by atoms with Crippen LogP contribution in [-0.4, -0.2) is 18.4 Å². The molecule has 2 nitrogen and oxygen atoms in total. The van der Waals surface area contributed by atoms with Crippen molar-refractivity contribution >= 4 is 5.78 Å². The van der Waals surface area contributed by atoms with Crippen LogP contribution in [-0.2, 0) is 4.79 Å². The van der Waals surface area contributed by atoms with E-state index in [2.05, 4.69) is 5.32 Å². The number of rotatable bonds is 1. The van der Waals surface area contributed by atoms with E-state index in [-0.39, 0.29) is 6.04 Å². The van der Waals surface area contributed by atoms with Crippen LogP contribution in [0.25, 0.3) is 0 Å². The Labute approximate surface area is 80.1 Å². The minimum atomic E-state index is 0.165. The minimum absolute atomic E-state index is 0.165. The summed E-state index contributed by atoms with van der Waals surface area (Å²) in [4.78, 5) is 11.2. The summed E-state index contributed by atoms with van der Waals surface area (Å²) in [7, 11) is 0. The number of hydrogen-bond acceptors (Lipinski definition) is 2. The molecule has 74 valence electrons. The van der Waals surface area contributed by atoms with Crippen molar-refractivity contribution in [1.82, 2.24) is 5.32 Å². The Kier molecular flexibility index (Phi) is 2.41. The maximum Gasteiger partial charge on any atom is 0.146 e. The summed E-state index contributed by atoms with van der Waals surface area (Å²) in [6.45, 7) is 2.79. The van der Waals surface area contributed by atoms with Crippen LogP contribution < -0.4 is 5.32 Å². The van der Waals surface area contributed by atoms with Gasteiger partial charge >= 0.3 is 0 Å². The molecule has 1 aliphatic carbocycles. The summed E-state index contributed by atoms with van der Waals surface area (Å²) in [6, 6.07) is 0.165. The molecule has 0 radical (unpaired) electrons. The number of carbonyl (C=O) groups is 1. The van der Waals surface area contributed by atoms with Gasteiger partial charge in [-0.3, -0.25) is 4.79 Å². The van der Waals surface area contributed by atoms with Gasteiger partial charge in [0.2, 0.25) is 0 Å². The van der Waals surface area contributed by atoms with Gasteiger partial charge in [-0.2, -0.15) is 0 Å². The number of Topliss-reactive ketones (excluding diaryl/α,β-unsaturated/α-hetero) is 1. The van der Waals surface area contributed by atoms with E-state index in [0.717, 1.165) is 13.0 Å². The number of ketones is 1. The lowest BCUT2D eigenvalue weighted by atomic mass is 9.72. The molecule has 13 heavy (non-hydrogen) atoms. The molecule has 2 heteroatoms. The van der Waals surface area contributed by atoms with Crippen LogP contribution in [0.5, 0.6) is 0 Å². The van der Waals surface area contributed by atoms with Crippen LogP contribution in [0.2, 0.25) is 0 Å². The lowest BCUT2D eigenvalue weighted by Crippen LogP contribution is -2.28. The Hall–Kier alpha value is -0.370. The monoisotopic (exact) mass is 181 g/mol. The maximum absolute atomic E-state index is 11.2. The zero-order valence-corrected chi connectivity index (χ0v) is 8.44. The van der Waals surface area contributed by atoms with Crippen LogP contribution in [0.4, 0.5) is 0 Å². The van der Waals surface area contributed by atoms with E-state index in [4.69, 9.17) is 0 Å². The second-order valence-corrected chi connectivity index (χ2v) is 4.81. The summed E-state index contributed by atoms with van der Waals surface area (Å²) in [5.74, 6) is 0.322. The Bertz CT molecular complexity index is 206. The predicted molar refractivity (Wildman–Crippen MR) is 52.6 cm³/mol. The highest BCUT2D eigenvalue weighted by Crippen LogP contribution is 2.42. The maximum atomic E-state index is 11.2. The fourth-order valence-electron chi connectivity index (χ4n) is 2.89. The lowest BCUT2D eigenvalue weighted by Gasteiger charge is -2.32. The molecule has 1 N–H and O–H groups in total. The first-order valence-corrected chi connectivity index (χ1v) is 5.46. The van der Waals surface area contributed by atoms with Crippen molar-refractivity contribution in [2.45, 2.75) is 51.5 Å². The fraction of sp³-hybridized carbons (Fsp3) is 0.909. The van der Waals surface area contributed by atoms with Gasteiger partial charge in [-0.1, -0.05) is 19.3 Å². The molecule has 1 saturated carbocycles. The third-order valence-corrected chi connectivity index (χ3v) is 3.77. The topological polar surface area (TPSA) is 29.1 Å². The van der Waals surface area contributed by atoms with Gasteiger partial charge in [-0.15, -0.1) is 0 Å². The zero-order chi connectivity index (χ0) is 9.31. The van der Waals surface area contributed by atoms with Crippen molar-refractivity contribution in [2.24, 2.45) is 5.41 Å². The average molecular weight is 181 g/mol. The highest BCUT2D eigenvalue weighted by Gasteiger charge is 2.40. The quantitative estimate of drug-likeness (QED) is 0.669. The summed E-state index contributed by atoms with van der Waals surface area (Å²) in [6.07, 6.45) is 7.90. The Morgan fingerprint density at radius 1 is 1.31 bits per heavy atom. The predicted octanol–water partition coefficient (Wildman–Crippen LogP) is 1.89. The number of hydrogen-bond donors (Lipinski definition) is 1. The molecule has 2 rings (SSSR count). The first-order chi connectivity index (χ1) is 6.22. The van der Waals surface area contributed by atoms with Gasteiger partial charge in [0.1, 0.15) is 5.78 Å². The van der Waals surface area contributed by atoms with Gasteiger partial charge in [-0.25, -0.2) is 0 Å². The third kappa shape index (κ3) is 1.78. The van der Waals surface area contributed by atoms with E-state index < -0.39 is 0 Å². The highest BCUT2D eigenvalue weighted by molar-refractivity contribution is 5.81. The summed E-state index contributed by atoms with van der Waals surface area (Å²) >= 11 is 0. The van der Waals surface area contributed by atoms with Gasteiger partial charge in [0, 0.05) is 6.54 Å². The molecule has 0 aromatic heterocycles. The minimum Gasteiger partial charge on any atom is -0.307 e. The molecule has 1 aliphatic heterocycles. The molecule has 1 heterocycles. The van der Waals surface area contributed by atoms with E-state index in [9.17, 15) is 4.79 Å². The number of carbonyl (C=O) groups excluding carboxylic acids is 1. The molecule has 0 amide bonds. The molecule has 0 unspecified atom stereocenters. The van der Waals surface area contributed by atoms with Crippen LogP contribution >= 0.6 is 0 Å². The van der Waals surface area contributed by atoms with Gasteiger partial charge in [0.05, 0.1) is 6.04 Å². The highest BCUT2D eigenvalue weighted by atomic mass is 16.1. The van der Waals surface area contributed by atoms with Gasteiger partial charge in [0.15, 0.2) is 0 Å². The molecular weight excluding hydrogens is 162 g/mol. The largest absolute Gasteiger partial charge is 0.307 e. The van der Waals surface area contributed by atoms with Crippen molar-refractivity contribution in [3.05, 3.63) is 0 Å². The molecule has 1 atom stereocenters. The van der Waals surface area contributed by atoms with Gasteiger partial charge in [0.25, 0.3) is 0 Å². The SMILES string of the molecule is CC(=O)[C@@H]1CC2(CCCCC2)CN1. The van der Waals surface area contributed by atoms with E-state index in [0.29, 0.717) is 11.2 Å². The molecule has 0 aromatic rings. The Morgan fingerprint density at radius 3 is 2.54 bits per heavy atom. The summed E-state index contributed by atoms with van der Waals surface area (Å²) in [5.41, 5.74) is 0.495. The van der Waals surface area contributed by atoms with Crippen molar-refractivity contribution in [3.8, 4) is 0 Å². The standard InChI is InChI=1S/C11H19NO/c1-9(13)10-7-11(8-12-10)5-3-2-4-6-11/h10,12H,2-8H2,1H3/t10-/m0/s1. The number of nitrogens with one attached hydrogen (secondary N) is 1. The Morgan fingerprint density at radius 2 is 2.00 bits per heavy atom. The molecule has 1 spiro atoms. The van der Waals surface area contributed by atoms with E-state index in [1.165, 1.54) is 32.1 Å². The second-order valence-electron chi connectivity index (χ2n) is 4.81. The van der Waals surface area contributed by atoms with Crippen LogP contribution in [0.3, 0.4) is 0 Å². The molecule has 1 saturated heterocycles. The molecule has 0 bridgehead atoms. The molecule has 2 fully saturated rings. The van der Waals surface area contributed by atoms with Crippen LogP contribution in [0.1, 0.15) is 45.4 Å². The molecule has 2 aliphatic rings. The van der Waals surface area contributed by atoms with Crippen LogP contribution in [0, 0.1) is 5.41 Å². The normalized spacial score (nSPS) is 32.2. The summed E-state index contributed by atoms with van der Waals surface area (Å²) in [5, 5.41) is 3.37. The average Bonchev–Trinajstić information content (AvgIpc) is 2.51. The lowest BCUT2D eigenvalue weighted by molar-refractivity contribution is -0.118. The van der Waals surface area contributed by atoms with E-state index in [1.54, 1.807) is 6.92 Å². The van der Waals surface area contributed by atoms with Crippen molar-refractivity contribution in [3.63, 3.8) is 0 Å². The fourth-order valence-corrected chi connectivity index (χ4v) is 2.89. The van der Waals surface area contributed by atoms with Crippen molar-refractivity contribution in [1.29, 1.82) is 0 Å². The first-order valence-electron chi connectivity index (χ1n) is 5.46. The van der Waals surface area contributed by atoms with E-state index >= 15 is 0 Å².